The molecule has 5 nitrogen and oxygen atoms in total. The van der Waals surface area contributed by atoms with Gasteiger partial charge < -0.3 is 10.0 Å². The van der Waals surface area contributed by atoms with Crippen LogP contribution in [-0.2, 0) is 16.1 Å². The van der Waals surface area contributed by atoms with Crippen LogP contribution in [-0.4, -0.2) is 52.5 Å². The second-order valence-corrected chi connectivity index (χ2v) is 7.62. The Labute approximate surface area is 147 Å². The molecule has 2 heterocycles. The predicted molar refractivity (Wildman–Crippen MR) is 95.9 cm³/mol. The molecule has 0 radical (unpaired) electrons. The third-order valence-electron chi connectivity index (χ3n) is 4.53. The highest BCUT2D eigenvalue weighted by molar-refractivity contribution is 7.09. The summed E-state index contributed by atoms with van der Waals surface area (Å²) >= 11 is 1.63. The number of hydrogen-bond donors (Lipinski definition) is 1. The van der Waals surface area contributed by atoms with Crippen molar-refractivity contribution in [3.8, 4) is 0 Å². The lowest BCUT2D eigenvalue weighted by molar-refractivity contribution is -0.147. The van der Waals surface area contributed by atoms with Crippen molar-refractivity contribution in [3.63, 3.8) is 0 Å². The number of likely N-dealkylation sites (tertiary alicyclic amines) is 1. The predicted octanol–water partition coefficient (Wildman–Crippen LogP) is 2.69. The molecule has 3 unspecified atom stereocenters. The first kappa shape index (κ1) is 18.7. The zero-order valence-corrected chi connectivity index (χ0v) is 15.2. The maximum atomic E-state index is 12.9. The molecule has 3 atom stereocenters. The zero-order valence-electron chi connectivity index (χ0n) is 14.4. The molecule has 1 N–H and O–H groups in total. The van der Waals surface area contributed by atoms with E-state index < -0.39 is 11.9 Å². The van der Waals surface area contributed by atoms with Crippen LogP contribution in [0.3, 0.4) is 0 Å². The topological polar surface area (TPSA) is 60.9 Å². The van der Waals surface area contributed by atoms with E-state index in [0.717, 1.165) is 11.4 Å². The van der Waals surface area contributed by atoms with E-state index in [9.17, 15) is 14.7 Å². The van der Waals surface area contributed by atoms with Crippen LogP contribution in [0.4, 0.5) is 0 Å². The molecule has 1 aromatic heterocycles. The van der Waals surface area contributed by atoms with E-state index in [1.807, 2.05) is 36.3 Å². The fraction of sp³-hybridized carbons (Fsp3) is 0.556. The average molecular weight is 350 g/mol. The minimum Gasteiger partial charge on any atom is -0.481 e. The van der Waals surface area contributed by atoms with Gasteiger partial charge in [-0.2, -0.15) is 0 Å². The molecule has 0 aliphatic carbocycles. The molecule has 1 aliphatic heterocycles. The van der Waals surface area contributed by atoms with Crippen LogP contribution in [0.1, 0.15) is 25.1 Å². The zero-order chi connectivity index (χ0) is 17.7. The first-order valence-corrected chi connectivity index (χ1v) is 9.19. The van der Waals surface area contributed by atoms with Crippen molar-refractivity contribution in [1.82, 2.24) is 9.80 Å². The minimum absolute atomic E-state index is 0.0292. The first-order chi connectivity index (χ1) is 11.4. The monoisotopic (exact) mass is 350 g/mol. The fourth-order valence-electron chi connectivity index (χ4n) is 3.29. The van der Waals surface area contributed by atoms with E-state index in [1.54, 1.807) is 22.3 Å². The second-order valence-electron chi connectivity index (χ2n) is 6.59. The van der Waals surface area contributed by atoms with E-state index in [4.69, 9.17) is 0 Å². The molecule has 0 bridgehead atoms. The van der Waals surface area contributed by atoms with Crippen molar-refractivity contribution in [2.45, 2.75) is 32.9 Å². The van der Waals surface area contributed by atoms with Crippen molar-refractivity contribution in [2.24, 2.45) is 11.8 Å². The summed E-state index contributed by atoms with van der Waals surface area (Å²) in [7, 11) is 0. The molecule has 2 rings (SSSR count). The maximum Gasteiger partial charge on any atom is 0.307 e. The van der Waals surface area contributed by atoms with Crippen molar-refractivity contribution in [3.05, 3.63) is 35.0 Å². The summed E-state index contributed by atoms with van der Waals surface area (Å²) in [5.41, 5.74) is 0. The Balaban J connectivity index is 2.07. The Morgan fingerprint density at radius 1 is 1.54 bits per heavy atom. The average Bonchev–Trinajstić information content (AvgIpc) is 3.05. The lowest BCUT2D eigenvalue weighted by atomic mass is 9.89. The number of aliphatic carboxylic acids is 1. The Hall–Kier alpha value is -1.66. The summed E-state index contributed by atoms with van der Waals surface area (Å²) in [5.74, 6) is -0.858. The summed E-state index contributed by atoms with van der Waals surface area (Å²) in [6, 6.07) is 3.67. The number of nitrogens with zero attached hydrogens (tertiary/aromatic N) is 2. The molecule has 0 aromatic carbocycles. The van der Waals surface area contributed by atoms with Gasteiger partial charge in [0, 0.05) is 24.5 Å². The lowest BCUT2D eigenvalue weighted by Gasteiger charge is -2.39. The van der Waals surface area contributed by atoms with Crippen molar-refractivity contribution in [1.29, 1.82) is 0 Å². The van der Waals surface area contributed by atoms with Gasteiger partial charge in [0.25, 0.3) is 0 Å². The van der Waals surface area contributed by atoms with E-state index in [2.05, 4.69) is 6.58 Å². The number of carbonyl (C=O) groups is 2. The standard InChI is InChI=1S/C18H26N2O3S/c1-4-7-19(12-16-6-5-8-24-16)17(21)14(3)20-10-13(2)9-15(11-20)18(22)23/h4-6,8,13-15H,1,7,9-12H2,2-3H3,(H,22,23). The number of carboxylic acids is 1. The van der Waals surface area contributed by atoms with Gasteiger partial charge in [0.1, 0.15) is 0 Å². The maximum absolute atomic E-state index is 12.9. The van der Waals surface area contributed by atoms with Crippen LogP contribution >= 0.6 is 11.3 Å². The highest BCUT2D eigenvalue weighted by atomic mass is 32.1. The van der Waals surface area contributed by atoms with Crippen LogP contribution in [0.15, 0.2) is 30.2 Å². The summed E-state index contributed by atoms with van der Waals surface area (Å²) in [5, 5.41) is 11.3. The van der Waals surface area contributed by atoms with Crippen molar-refractivity contribution in [2.75, 3.05) is 19.6 Å². The third-order valence-corrected chi connectivity index (χ3v) is 5.39. The number of piperidine rings is 1. The number of carbonyl (C=O) groups excluding carboxylic acids is 1. The molecule has 1 aliphatic rings. The van der Waals surface area contributed by atoms with Crippen molar-refractivity contribution >= 4 is 23.2 Å². The van der Waals surface area contributed by atoms with Gasteiger partial charge in [-0.05, 0) is 30.7 Å². The summed E-state index contributed by atoms with van der Waals surface area (Å²) < 4.78 is 0. The molecule has 1 saturated heterocycles. The number of thiophene rings is 1. The third kappa shape index (κ3) is 4.68. The highest BCUT2D eigenvalue weighted by Crippen LogP contribution is 2.24. The summed E-state index contributed by atoms with van der Waals surface area (Å²) in [6.45, 7) is 9.94. The highest BCUT2D eigenvalue weighted by Gasteiger charge is 2.35. The normalized spacial score (nSPS) is 22.8. The molecule has 132 valence electrons. The second kappa shape index (κ2) is 8.44. The molecular weight excluding hydrogens is 324 g/mol. The number of rotatable bonds is 7. The van der Waals surface area contributed by atoms with Gasteiger partial charge in [0.05, 0.1) is 18.5 Å². The van der Waals surface area contributed by atoms with Crippen LogP contribution < -0.4 is 0 Å². The van der Waals surface area contributed by atoms with E-state index in [-0.39, 0.29) is 17.9 Å². The summed E-state index contributed by atoms with van der Waals surface area (Å²) in [6.07, 6.45) is 2.41. The van der Waals surface area contributed by atoms with Gasteiger partial charge in [-0.25, -0.2) is 0 Å². The van der Waals surface area contributed by atoms with E-state index >= 15 is 0 Å². The van der Waals surface area contributed by atoms with Gasteiger partial charge in [-0.3, -0.25) is 14.5 Å². The van der Waals surface area contributed by atoms with Gasteiger partial charge in [0.2, 0.25) is 5.91 Å². The number of amides is 1. The molecular formula is C18H26N2O3S. The van der Waals surface area contributed by atoms with Gasteiger partial charge in [0.15, 0.2) is 0 Å². The van der Waals surface area contributed by atoms with E-state index in [0.29, 0.717) is 26.1 Å². The molecule has 1 aromatic rings. The SMILES string of the molecule is C=CCN(Cc1cccs1)C(=O)C(C)N1CC(C)CC(C(=O)O)C1. The van der Waals surface area contributed by atoms with Gasteiger partial charge in [-0.15, -0.1) is 17.9 Å². The Kier molecular flexibility index (Phi) is 6.57. The van der Waals surface area contributed by atoms with Crippen LogP contribution in [0.2, 0.25) is 0 Å². The summed E-state index contributed by atoms with van der Waals surface area (Å²) in [4.78, 5) is 29.2. The molecule has 24 heavy (non-hydrogen) atoms. The Bertz CT molecular complexity index is 573. The largest absolute Gasteiger partial charge is 0.481 e. The van der Waals surface area contributed by atoms with Crippen molar-refractivity contribution < 1.29 is 14.7 Å². The molecule has 6 heteroatoms. The fourth-order valence-corrected chi connectivity index (χ4v) is 4.01. The molecule has 1 fully saturated rings. The minimum atomic E-state index is -0.771. The number of carboxylic acid groups (broad SMARTS) is 1. The lowest BCUT2D eigenvalue weighted by Crippen LogP contribution is -2.52. The van der Waals surface area contributed by atoms with E-state index in [1.165, 1.54) is 0 Å². The van der Waals surface area contributed by atoms with Crippen LogP contribution in [0.5, 0.6) is 0 Å². The Morgan fingerprint density at radius 3 is 2.88 bits per heavy atom. The molecule has 0 saturated carbocycles. The van der Waals surface area contributed by atoms with Crippen LogP contribution in [0.25, 0.3) is 0 Å². The molecule has 1 amide bonds. The Morgan fingerprint density at radius 2 is 2.29 bits per heavy atom. The van der Waals surface area contributed by atoms with Crippen LogP contribution in [0, 0.1) is 11.8 Å². The number of hydrogen-bond acceptors (Lipinski definition) is 4. The van der Waals surface area contributed by atoms with Gasteiger partial charge in [-0.1, -0.05) is 19.1 Å². The first-order valence-electron chi connectivity index (χ1n) is 8.31. The van der Waals surface area contributed by atoms with Gasteiger partial charge >= 0.3 is 5.97 Å². The quantitative estimate of drug-likeness (QED) is 0.768. The smallest absolute Gasteiger partial charge is 0.307 e. The molecule has 0 spiro atoms.